The van der Waals surface area contributed by atoms with E-state index in [0.29, 0.717) is 24.4 Å². The first-order valence-electron chi connectivity index (χ1n) is 6.83. The second kappa shape index (κ2) is 6.18. The summed E-state index contributed by atoms with van der Waals surface area (Å²) in [4.78, 5) is 11.9. The largest absolute Gasteiger partial charge is 0.454 e. The summed E-state index contributed by atoms with van der Waals surface area (Å²) in [5, 5.41) is 15.3. The first-order chi connectivity index (χ1) is 10.7. The Kier molecular flexibility index (Phi) is 3.92. The number of nitrogens with zero attached hydrogens (tertiary/aromatic N) is 3. The lowest BCUT2D eigenvalue weighted by atomic mass is 10.1. The highest BCUT2D eigenvalue weighted by molar-refractivity contribution is 5.89. The fraction of sp³-hybridized carbons (Fsp3) is 0.267. The van der Waals surface area contributed by atoms with Crippen molar-refractivity contribution in [1.82, 2.24) is 9.78 Å². The van der Waals surface area contributed by atoms with E-state index in [9.17, 15) is 4.79 Å². The Hall–Kier alpha value is -3.01. The maximum absolute atomic E-state index is 11.9. The first-order valence-corrected chi connectivity index (χ1v) is 6.83. The quantitative estimate of drug-likeness (QED) is 0.907. The molecular weight excluding hydrogens is 284 g/mol. The van der Waals surface area contributed by atoms with Crippen LogP contribution in [0, 0.1) is 11.3 Å². The molecular formula is C15H14N4O3. The van der Waals surface area contributed by atoms with Crippen molar-refractivity contribution < 1.29 is 14.3 Å². The molecule has 1 aliphatic rings. The van der Waals surface area contributed by atoms with Crippen LogP contribution in [-0.4, -0.2) is 22.5 Å². The number of ether oxygens (including phenoxy) is 2. The Morgan fingerprint density at radius 3 is 3.09 bits per heavy atom. The summed E-state index contributed by atoms with van der Waals surface area (Å²) in [7, 11) is 0. The van der Waals surface area contributed by atoms with Gasteiger partial charge in [-0.15, -0.1) is 0 Å². The van der Waals surface area contributed by atoms with Gasteiger partial charge in [0.15, 0.2) is 17.3 Å². The molecule has 0 radical (unpaired) electrons. The minimum absolute atomic E-state index is 0.125. The van der Waals surface area contributed by atoms with E-state index in [-0.39, 0.29) is 19.2 Å². The molecule has 0 aliphatic carbocycles. The van der Waals surface area contributed by atoms with Gasteiger partial charge in [-0.05, 0) is 24.1 Å². The predicted octanol–water partition coefficient (Wildman–Crippen LogP) is 1.71. The number of benzene rings is 1. The summed E-state index contributed by atoms with van der Waals surface area (Å²) < 4.78 is 12.0. The number of aryl methyl sites for hydroxylation is 1. The van der Waals surface area contributed by atoms with E-state index >= 15 is 0 Å². The third-order valence-corrected chi connectivity index (χ3v) is 3.22. The van der Waals surface area contributed by atoms with Crippen LogP contribution >= 0.6 is 0 Å². The third-order valence-electron chi connectivity index (χ3n) is 3.22. The number of hydrogen-bond donors (Lipinski definition) is 1. The van der Waals surface area contributed by atoms with Gasteiger partial charge < -0.3 is 14.8 Å². The minimum atomic E-state index is -0.125. The molecule has 7 nitrogen and oxygen atoms in total. The van der Waals surface area contributed by atoms with E-state index in [1.807, 2.05) is 24.3 Å². The Morgan fingerprint density at radius 1 is 1.36 bits per heavy atom. The van der Waals surface area contributed by atoms with Crippen LogP contribution in [0.4, 0.5) is 5.82 Å². The average Bonchev–Trinajstić information content (AvgIpc) is 3.14. The fourth-order valence-corrected chi connectivity index (χ4v) is 2.15. The summed E-state index contributed by atoms with van der Waals surface area (Å²) in [5.41, 5.74) is 1.01. The van der Waals surface area contributed by atoms with Crippen LogP contribution in [0.25, 0.3) is 0 Å². The predicted molar refractivity (Wildman–Crippen MR) is 77.4 cm³/mol. The Balaban J connectivity index is 1.52. The molecule has 1 aromatic carbocycles. The number of nitriles is 1. The summed E-state index contributed by atoms with van der Waals surface area (Å²) in [6, 6.07) is 9.30. The molecule has 0 atom stereocenters. The van der Waals surface area contributed by atoms with Gasteiger partial charge in [0.1, 0.15) is 6.54 Å². The third kappa shape index (κ3) is 3.17. The van der Waals surface area contributed by atoms with Crippen LogP contribution in [0.15, 0.2) is 30.5 Å². The molecule has 1 aromatic heterocycles. The maximum Gasteiger partial charge on any atom is 0.231 e. The molecule has 7 heteroatoms. The van der Waals surface area contributed by atoms with Crippen LogP contribution in [0.3, 0.4) is 0 Å². The monoisotopic (exact) mass is 298 g/mol. The highest BCUT2D eigenvalue weighted by Crippen LogP contribution is 2.32. The number of amides is 1. The molecule has 22 heavy (non-hydrogen) atoms. The molecule has 3 rings (SSSR count). The van der Waals surface area contributed by atoms with Crippen LogP contribution < -0.4 is 14.8 Å². The van der Waals surface area contributed by atoms with E-state index in [2.05, 4.69) is 10.4 Å². The number of hydrogen-bond acceptors (Lipinski definition) is 5. The van der Waals surface area contributed by atoms with Crippen molar-refractivity contribution >= 4 is 11.7 Å². The summed E-state index contributed by atoms with van der Waals surface area (Å²) in [6.45, 7) is 0.400. The van der Waals surface area contributed by atoms with Gasteiger partial charge >= 0.3 is 0 Å². The molecule has 0 saturated heterocycles. The Labute approximate surface area is 127 Å². The highest BCUT2D eigenvalue weighted by Gasteiger charge is 2.13. The molecule has 1 aliphatic heterocycles. The molecule has 112 valence electrons. The zero-order valence-corrected chi connectivity index (χ0v) is 11.8. The van der Waals surface area contributed by atoms with Gasteiger partial charge in [0.05, 0.1) is 6.07 Å². The molecule has 1 N–H and O–H groups in total. The van der Waals surface area contributed by atoms with Crippen molar-refractivity contribution in [3.63, 3.8) is 0 Å². The SMILES string of the molecule is N#CCn1ccc(NC(=O)CCc2ccc3c(c2)OCO3)n1. The van der Waals surface area contributed by atoms with Crippen LogP contribution in [0.1, 0.15) is 12.0 Å². The fourth-order valence-electron chi connectivity index (χ4n) is 2.15. The van der Waals surface area contributed by atoms with Crippen LogP contribution in [0.5, 0.6) is 11.5 Å². The molecule has 0 unspecified atom stereocenters. The van der Waals surface area contributed by atoms with Crippen molar-refractivity contribution in [2.45, 2.75) is 19.4 Å². The maximum atomic E-state index is 11.9. The van der Waals surface area contributed by atoms with E-state index in [1.165, 1.54) is 4.68 Å². The molecule has 2 aromatic rings. The smallest absolute Gasteiger partial charge is 0.231 e. The lowest BCUT2D eigenvalue weighted by Crippen LogP contribution is -2.13. The topological polar surface area (TPSA) is 89.2 Å². The number of rotatable bonds is 5. The average molecular weight is 298 g/mol. The number of anilines is 1. The van der Waals surface area contributed by atoms with Crippen molar-refractivity contribution in [2.24, 2.45) is 0 Å². The summed E-state index contributed by atoms with van der Waals surface area (Å²) in [6.07, 6.45) is 2.59. The van der Waals surface area contributed by atoms with Crippen molar-refractivity contribution in [2.75, 3.05) is 12.1 Å². The van der Waals surface area contributed by atoms with Crippen molar-refractivity contribution in [3.8, 4) is 17.6 Å². The van der Waals surface area contributed by atoms with E-state index in [4.69, 9.17) is 14.7 Å². The molecule has 0 spiro atoms. The van der Waals surface area contributed by atoms with Gasteiger partial charge in [0.25, 0.3) is 0 Å². The molecule has 0 fully saturated rings. The molecule has 2 heterocycles. The summed E-state index contributed by atoms with van der Waals surface area (Å²) >= 11 is 0. The second-order valence-electron chi connectivity index (χ2n) is 4.79. The van der Waals surface area contributed by atoms with Gasteiger partial charge in [0.2, 0.25) is 12.7 Å². The normalized spacial score (nSPS) is 12.0. The van der Waals surface area contributed by atoms with Crippen molar-refractivity contribution in [1.29, 1.82) is 5.26 Å². The lowest BCUT2D eigenvalue weighted by molar-refractivity contribution is -0.116. The number of carbonyl (C=O) groups excluding carboxylic acids is 1. The Bertz CT molecular complexity index is 733. The van der Waals surface area contributed by atoms with Gasteiger partial charge in [0, 0.05) is 18.7 Å². The Morgan fingerprint density at radius 2 is 2.23 bits per heavy atom. The van der Waals surface area contributed by atoms with Gasteiger partial charge in [-0.25, -0.2) is 0 Å². The zero-order chi connectivity index (χ0) is 15.4. The molecule has 1 amide bonds. The number of carbonyl (C=O) groups is 1. The van der Waals surface area contributed by atoms with Crippen LogP contribution in [-0.2, 0) is 17.8 Å². The molecule has 0 bridgehead atoms. The number of aromatic nitrogens is 2. The van der Waals surface area contributed by atoms with E-state index in [0.717, 1.165) is 11.3 Å². The second-order valence-corrected chi connectivity index (χ2v) is 4.79. The van der Waals surface area contributed by atoms with Gasteiger partial charge in [-0.3, -0.25) is 9.48 Å². The molecule has 0 saturated carbocycles. The number of fused-ring (bicyclic) bond motifs is 1. The first kappa shape index (κ1) is 13.9. The number of nitrogens with one attached hydrogen (secondary N) is 1. The highest BCUT2D eigenvalue weighted by atomic mass is 16.7. The van der Waals surface area contributed by atoms with E-state index < -0.39 is 0 Å². The summed E-state index contributed by atoms with van der Waals surface area (Å²) in [5.74, 6) is 1.77. The zero-order valence-electron chi connectivity index (χ0n) is 11.8. The van der Waals surface area contributed by atoms with E-state index in [1.54, 1.807) is 12.3 Å². The van der Waals surface area contributed by atoms with Crippen LogP contribution in [0.2, 0.25) is 0 Å². The lowest BCUT2D eigenvalue weighted by Gasteiger charge is -2.04. The minimum Gasteiger partial charge on any atom is -0.454 e. The standard InChI is InChI=1S/C15H14N4O3/c16-6-8-19-7-5-14(18-19)17-15(20)4-2-11-1-3-12-13(9-11)22-10-21-12/h1,3,5,7,9H,2,4,8,10H2,(H,17,18,20). The van der Waals surface area contributed by atoms with Gasteiger partial charge in [-0.1, -0.05) is 6.07 Å². The van der Waals surface area contributed by atoms with Crippen molar-refractivity contribution in [3.05, 3.63) is 36.0 Å². The van der Waals surface area contributed by atoms with Gasteiger partial charge in [-0.2, -0.15) is 10.4 Å².